The Balaban J connectivity index is 1.65. The summed E-state index contributed by atoms with van der Waals surface area (Å²) in [7, 11) is 0. The fraction of sp³-hybridized carbons (Fsp3) is 0.615. The Hall–Kier alpha value is -1.07. The third kappa shape index (κ3) is 3.99. The first-order valence-electron chi connectivity index (χ1n) is 6.50. The maximum Gasteiger partial charge on any atom is 0.315 e. The van der Waals surface area contributed by atoms with Gasteiger partial charge in [-0.15, -0.1) is 11.3 Å². The molecule has 1 fully saturated rings. The highest BCUT2D eigenvalue weighted by atomic mass is 32.1. The van der Waals surface area contributed by atoms with Crippen molar-refractivity contribution in [3.05, 3.63) is 22.4 Å². The summed E-state index contributed by atoms with van der Waals surface area (Å²) < 4.78 is 0. The van der Waals surface area contributed by atoms with Gasteiger partial charge in [-0.3, -0.25) is 0 Å². The van der Waals surface area contributed by atoms with Gasteiger partial charge in [-0.1, -0.05) is 18.9 Å². The number of rotatable bonds is 4. The lowest BCUT2D eigenvalue weighted by molar-refractivity contribution is 0.0943. The quantitative estimate of drug-likeness (QED) is 0.781. The second-order valence-corrected chi connectivity index (χ2v) is 5.72. The molecule has 2 rings (SSSR count). The van der Waals surface area contributed by atoms with Crippen molar-refractivity contribution in [3.63, 3.8) is 0 Å². The lowest BCUT2D eigenvalue weighted by Crippen LogP contribution is -2.49. The van der Waals surface area contributed by atoms with Crippen LogP contribution in [-0.4, -0.2) is 29.8 Å². The van der Waals surface area contributed by atoms with Gasteiger partial charge in [0, 0.05) is 11.4 Å². The zero-order valence-corrected chi connectivity index (χ0v) is 11.2. The standard InChI is InChI=1S/C13H20N2O2S/c16-12-6-2-1-5-11(12)15-13(17)14-8-7-10-4-3-9-18-10/h3-4,9,11-12,16H,1-2,5-8H2,(H2,14,15,17). The van der Waals surface area contributed by atoms with E-state index in [1.807, 2.05) is 11.4 Å². The van der Waals surface area contributed by atoms with Crippen molar-refractivity contribution in [2.75, 3.05) is 6.54 Å². The topological polar surface area (TPSA) is 61.4 Å². The Bertz CT molecular complexity index is 367. The third-order valence-electron chi connectivity index (χ3n) is 3.28. The van der Waals surface area contributed by atoms with Crippen LogP contribution in [0.5, 0.6) is 0 Å². The predicted octanol–water partition coefficient (Wildman–Crippen LogP) is 1.89. The number of carbonyl (C=O) groups excluding carboxylic acids is 1. The van der Waals surface area contributed by atoms with E-state index < -0.39 is 0 Å². The molecule has 1 saturated carbocycles. The fourth-order valence-corrected chi connectivity index (χ4v) is 2.96. The van der Waals surface area contributed by atoms with Gasteiger partial charge in [0.25, 0.3) is 0 Å². The van der Waals surface area contributed by atoms with Crippen LogP contribution in [-0.2, 0) is 6.42 Å². The van der Waals surface area contributed by atoms with Crippen molar-refractivity contribution >= 4 is 17.4 Å². The van der Waals surface area contributed by atoms with E-state index in [0.717, 1.165) is 32.1 Å². The monoisotopic (exact) mass is 268 g/mol. The van der Waals surface area contributed by atoms with Crippen molar-refractivity contribution in [1.29, 1.82) is 0 Å². The first-order valence-corrected chi connectivity index (χ1v) is 7.38. The van der Waals surface area contributed by atoms with E-state index in [9.17, 15) is 9.90 Å². The van der Waals surface area contributed by atoms with Crippen LogP contribution < -0.4 is 10.6 Å². The van der Waals surface area contributed by atoms with Crippen LogP contribution in [0.4, 0.5) is 4.79 Å². The smallest absolute Gasteiger partial charge is 0.315 e. The molecule has 2 atom stereocenters. The predicted molar refractivity (Wildman–Crippen MR) is 72.8 cm³/mol. The molecule has 0 saturated heterocycles. The van der Waals surface area contributed by atoms with Gasteiger partial charge in [0.2, 0.25) is 0 Å². The third-order valence-corrected chi connectivity index (χ3v) is 4.22. The number of nitrogens with one attached hydrogen (secondary N) is 2. The summed E-state index contributed by atoms with van der Waals surface area (Å²) in [5, 5.41) is 17.5. The molecule has 18 heavy (non-hydrogen) atoms. The van der Waals surface area contributed by atoms with Gasteiger partial charge >= 0.3 is 6.03 Å². The highest BCUT2D eigenvalue weighted by Crippen LogP contribution is 2.18. The zero-order chi connectivity index (χ0) is 12.8. The SMILES string of the molecule is O=C(NCCc1cccs1)NC1CCCCC1O. The Morgan fingerprint density at radius 3 is 3.00 bits per heavy atom. The highest BCUT2D eigenvalue weighted by Gasteiger charge is 2.24. The molecule has 2 unspecified atom stereocenters. The Labute approximate surface area is 111 Å². The maximum absolute atomic E-state index is 11.7. The summed E-state index contributed by atoms with van der Waals surface area (Å²) in [6, 6.07) is 3.83. The average Bonchev–Trinajstić information content (AvgIpc) is 2.85. The molecular formula is C13H20N2O2S. The molecule has 2 amide bonds. The summed E-state index contributed by atoms with van der Waals surface area (Å²) >= 11 is 1.70. The first-order chi connectivity index (χ1) is 8.75. The molecule has 1 aromatic heterocycles. The van der Waals surface area contributed by atoms with E-state index in [-0.39, 0.29) is 18.2 Å². The molecule has 100 valence electrons. The van der Waals surface area contributed by atoms with Gasteiger partial charge in [0.1, 0.15) is 0 Å². The molecular weight excluding hydrogens is 248 g/mol. The van der Waals surface area contributed by atoms with E-state index in [0.29, 0.717) is 6.54 Å². The first kappa shape index (κ1) is 13.4. The van der Waals surface area contributed by atoms with Crippen LogP contribution in [0.15, 0.2) is 17.5 Å². The number of urea groups is 1. The molecule has 0 radical (unpaired) electrons. The Morgan fingerprint density at radius 2 is 2.28 bits per heavy atom. The minimum atomic E-state index is -0.387. The number of carbonyl (C=O) groups is 1. The fourth-order valence-electron chi connectivity index (χ4n) is 2.25. The number of amides is 2. The molecule has 1 aromatic rings. The van der Waals surface area contributed by atoms with E-state index in [1.165, 1.54) is 4.88 Å². The number of thiophene rings is 1. The van der Waals surface area contributed by atoms with Crippen LogP contribution in [0.1, 0.15) is 30.6 Å². The molecule has 5 heteroatoms. The van der Waals surface area contributed by atoms with Gasteiger partial charge in [-0.25, -0.2) is 4.79 Å². The number of aliphatic hydroxyl groups is 1. The molecule has 3 N–H and O–H groups in total. The highest BCUT2D eigenvalue weighted by molar-refractivity contribution is 7.09. The Kier molecular flexibility index (Phi) is 5.01. The lowest BCUT2D eigenvalue weighted by atomic mass is 9.93. The molecule has 1 heterocycles. The van der Waals surface area contributed by atoms with Crippen molar-refractivity contribution in [2.45, 2.75) is 44.2 Å². The van der Waals surface area contributed by atoms with Crippen molar-refractivity contribution in [1.82, 2.24) is 10.6 Å². The summed E-state index contributed by atoms with van der Waals surface area (Å²) in [6.45, 7) is 0.634. The second-order valence-electron chi connectivity index (χ2n) is 4.69. The molecule has 4 nitrogen and oxygen atoms in total. The van der Waals surface area contributed by atoms with E-state index in [4.69, 9.17) is 0 Å². The Morgan fingerprint density at radius 1 is 1.44 bits per heavy atom. The van der Waals surface area contributed by atoms with Gasteiger partial charge in [0.05, 0.1) is 12.1 Å². The van der Waals surface area contributed by atoms with Crippen molar-refractivity contribution in [2.24, 2.45) is 0 Å². The molecule has 1 aliphatic rings. The van der Waals surface area contributed by atoms with Gasteiger partial charge in [0.15, 0.2) is 0 Å². The van der Waals surface area contributed by atoms with Crippen LogP contribution in [0.3, 0.4) is 0 Å². The van der Waals surface area contributed by atoms with Crippen LogP contribution >= 0.6 is 11.3 Å². The normalized spacial score (nSPS) is 23.6. The van der Waals surface area contributed by atoms with E-state index in [1.54, 1.807) is 11.3 Å². The van der Waals surface area contributed by atoms with Gasteiger partial charge < -0.3 is 15.7 Å². The minimum Gasteiger partial charge on any atom is -0.391 e. The summed E-state index contributed by atoms with van der Waals surface area (Å²) in [6.07, 6.45) is 4.27. The largest absolute Gasteiger partial charge is 0.391 e. The van der Waals surface area contributed by atoms with Crippen molar-refractivity contribution in [3.8, 4) is 0 Å². The molecule has 0 spiro atoms. The van der Waals surface area contributed by atoms with Gasteiger partial charge in [-0.05, 0) is 30.7 Å². The summed E-state index contributed by atoms with van der Waals surface area (Å²) in [5.74, 6) is 0. The molecule has 0 aromatic carbocycles. The minimum absolute atomic E-state index is 0.0829. The van der Waals surface area contributed by atoms with E-state index in [2.05, 4.69) is 16.7 Å². The zero-order valence-electron chi connectivity index (χ0n) is 10.4. The summed E-state index contributed by atoms with van der Waals surface area (Å²) in [4.78, 5) is 12.9. The molecule has 1 aliphatic carbocycles. The molecule has 0 bridgehead atoms. The number of hydrogen-bond acceptors (Lipinski definition) is 3. The van der Waals surface area contributed by atoms with Crippen LogP contribution in [0.2, 0.25) is 0 Å². The maximum atomic E-state index is 11.7. The second kappa shape index (κ2) is 6.75. The van der Waals surface area contributed by atoms with Crippen LogP contribution in [0.25, 0.3) is 0 Å². The number of aliphatic hydroxyl groups excluding tert-OH is 1. The lowest BCUT2D eigenvalue weighted by Gasteiger charge is -2.28. The van der Waals surface area contributed by atoms with Crippen molar-refractivity contribution < 1.29 is 9.90 Å². The summed E-state index contributed by atoms with van der Waals surface area (Å²) in [5.41, 5.74) is 0. The van der Waals surface area contributed by atoms with E-state index >= 15 is 0 Å². The number of hydrogen-bond donors (Lipinski definition) is 3. The van der Waals surface area contributed by atoms with Crippen LogP contribution in [0, 0.1) is 0 Å². The van der Waals surface area contributed by atoms with Gasteiger partial charge in [-0.2, -0.15) is 0 Å². The molecule has 0 aliphatic heterocycles. The average molecular weight is 268 g/mol.